The molecule has 0 aliphatic carbocycles. The Kier molecular flexibility index (Phi) is 4.11. The molecule has 96 valence electrons. The van der Waals surface area contributed by atoms with Crippen molar-refractivity contribution >= 4 is 5.69 Å². The molecular weight excluding hydrogens is 240 g/mol. The van der Waals surface area contributed by atoms with E-state index in [1.54, 1.807) is 12.1 Å². The molecule has 1 aliphatic heterocycles. The van der Waals surface area contributed by atoms with Crippen molar-refractivity contribution in [2.45, 2.75) is 0 Å². The summed E-state index contributed by atoms with van der Waals surface area (Å²) >= 11 is 0. The van der Waals surface area contributed by atoms with E-state index in [1.807, 2.05) is 0 Å². The molecule has 17 heavy (non-hydrogen) atoms. The van der Waals surface area contributed by atoms with E-state index in [1.165, 1.54) is 6.07 Å². The number of quaternary nitrogens is 1. The number of halogens is 1. The standard InChI is InChI=1S/C12H18N2O2.ClH/c1-14(2)5-3-13(4-6-14)10-7-11(15)9-12(16)8-10;/h7-9H,3-6H2,1-2H3,(H-,15,16);1H. The van der Waals surface area contributed by atoms with Gasteiger partial charge in [-0.05, 0) is 0 Å². The molecule has 1 heterocycles. The normalized spacial score (nSPS) is 18.6. The highest BCUT2D eigenvalue weighted by molar-refractivity contribution is 5.55. The number of phenolic OH excluding ortho intramolecular Hbond substituents is 2. The third-order valence-corrected chi connectivity index (χ3v) is 3.20. The van der Waals surface area contributed by atoms with Crippen LogP contribution in [0.3, 0.4) is 0 Å². The van der Waals surface area contributed by atoms with Crippen LogP contribution in [0, 0.1) is 0 Å². The van der Waals surface area contributed by atoms with Gasteiger partial charge in [0.25, 0.3) is 0 Å². The lowest BCUT2D eigenvalue weighted by Crippen LogP contribution is -3.00. The Morgan fingerprint density at radius 3 is 1.94 bits per heavy atom. The van der Waals surface area contributed by atoms with E-state index in [-0.39, 0.29) is 23.9 Å². The Morgan fingerprint density at radius 1 is 1.00 bits per heavy atom. The number of anilines is 1. The minimum atomic E-state index is 0. The second-order valence-electron chi connectivity index (χ2n) is 5.08. The van der Waals surface area contributed by atoms with Crippen molar-refractivity contribution in [1.29, 1.82) is 0 Å². The van der Waals surface area contributed by atoms with Gasteiger partial charge in [0.1, 0.15) is 11.5 Å². The largest absolute Gasteiger partial charge is 1.00 e. The summed E-state index contributed by atoms with van der Waals surface area (Å²) in [5.74, 6) is 0.239. The average molecular weight is 259 g/mol. The van der Waals surface area contributed by atoms with Crippen LogP contribution >= 0.6 is 0 Å². The van der Waals surface area contributed by atoms with Crippen LogP contribution in [0.15, 0.2) is 18.2 Å². The third-order valence-electron chi connectivity index (χ3n) is 3.20. The van der Waals surface area contributed by atoms with Crippen LogP contribution in [-0.4, -0.2) is 55.0 Å². The summed E-state index contributed by atoms with van der Waals surface area (Å²) in [5.41, 5.74) is 0.900. The predicted octanol–water partition coefficient (Wildman–Crippen LogP) is -2.00. The van der Waals surface area contributed by atoms with Gasteiger partial charge in [-0.25, -0.2) is 0 Å². The van der Waals surface area contributed by atoms with Crippen molar-refractivity contribution in [3.05, 3.63) is 18.2 Å². The van der Waals surface area contributed by atoms with Crippen LogP contribution < -0.4 is 17.3 Å². The average Bonchev–Trinajstić information content (AvgIpc) is 2.15. The van der Waals surface area contributed by atoms with Crippen LogP contribution in [0.2, 0.25) is 0 Å². The first-order valence-electron chi connectivity index (χ1n) is 5.56. The molecular formula is C12H19ClN2O2. The molecule has 0 radical (unpaired) electrons. The van der Waals surface area contributed by atoms with E-state index in [9.17, 15) is 10.2 Å². The highest BCUT2D eigenvalue weighted by Gasteiger charge is 2.24. The van der Waals surface area contributed by atoms with E-state index in [4.69, 9.17) is 0 Å². The molecule has 0 atom stereocenters. The van der Waals surface area contributed by atoms with Gasteiger partial charge in [-0.3, -0.25) is 0 Å². The maximum Gasteiger partial charge on any atom is 0.121 e. The maximum absolute atomic E-state index is 9.44. The third kappa shape index (κ3) is 3.41. The van der Waals surface area contributed by atoms with Gasteiger partial charge in [0.15, 0.2) is 0 Å². The van der Waals surface area contributed by atoms with Gasteiger partial charge in [-0.15, -0.1) is 0 Å². The minimum absolute atomic E-state index is 0. The Hall–Kier alpha value is -1.13. The maximum atomic E-state index is 9.44. The number of hydrogen-bond donors (Lipinski definition) is 2. The fourth-order valence-electron chi connectivity index (χ4n) is 2.03. The van der Waals surface area contributed by atoms with Gasteiger partial charge in [0.05, 0.1) is 40.3 Å². The number of phenols is 2. The molecule has 0 spiro atoms. The lowest BCUT2D eigenvalue weighted by Gasteiger charge is -2.40. The number of nitrogens with zero attached hydrogens (tertiary/aromatic N) is 2. The Labute approximate surface area is 108 Å². The molecule has 1 fully saturated rings. The Bertz CT molecular complexity index is 366. The van der Waals surface area contributed by atoms with Gasteiger partial charge in [0.2, 0.25) is 0 Å². The molecule has 0 aromatic heterocycles. The van der Waals surface area contributed by atoms with E-state index < -0.39 is 0 Å². The summed E-state index contributed by atoms with van der Waals surface area (Å²) in [5, 5.41) is 18.9. The van der Waals surface area contributed by atoms with Crippen molar-refractivity contribution in [2.24, 2.45) is 0 Å². The molecule has 1 saturated heterocycles. The summed E-state index contributed by atoms with van der Waals surface area (Å²) in [6, 6.07) is 4.75. The summed E-state index contributed by atoms with van der Waals surface area (Å²) in [7, 11) is 4.44. The van der Waals surface area contributed by atoms with Crippen molar-refractivity contribution in [3.63, 3.8) is 0 Å². The summed E-state index contributed by atoms with van der Waals surface area (Å²) in [6.45, 7) is 4.07. The first-order chi connectivity index (χ1) is 7.46. The van der Waals surface area contributed by atoms with Crippen LogP contribution in [-0.2, 0) is 0 Å². The van der Waals surface area contributed by atoms with Crippen LogP contribution in [0.4, 0.5) is 5.69 Å². The zero-order chi connectivity index (χ0) is 11.8. The van der Waals surface area contributed by atoms with Gasteiger partial charge in [-0.1, -0.05) is 0 Å². The number of hydrogen-bond acceptors (Lipinski definition) is 3. The number of likely N-dealkylation sites (N-methyl/N-ethyl adjacent to an activating group) is 1. The topological polar surface area (TPSA) is 43.7 Å². The zero-order valence-electron chi connectivity index (χ0n) is 10.2. The number of piperazine rings is 1. The molecule has 1 aromatic rings. The fourth-order valence-corrected chi connectivity index (χ4v) is 2.03. The van der Waals surface area contributed by atoms with E-state index >= 15 is 0 Å². The van der Waals surface area contributed by atoms with Crippen LogP contribution in [0.5, 0.6) is 11.5 Å². The summed E-state index contributed by atoms with van der Waals surface area (Å²) in [6.07, 6.45) is 0. The minimum Gasteiger partial charge on any atom is -1.00 e. The molecule has 0 saturated carbocycles. The molecule has 0 bridgehead atoms. The van der Waals surface area contributed by atoms with Gasteiger partial charge < -0.3 is 32.0 Å². The predicted molar refractivity (Wildman–Crippen MR) is 63.8 cm³/mol. The molecule has 1 aliphatic rings. The van der Waals surface area contributed by atoms with Gasteiger partial charge in [-0.2, -0.15) is 0 Å². The van der Waals surface area contributed by atoms with Gasteiger partial charge >= 0.3 is 0 Å². The molecule has 5 heteroatoms. The van der Waals surface area contributed by atoms with E-state index in [2.05, 4.69) is 19.0 Å². The van der Waals surface area contributed by atoms with Crippen molar-refractivity contribution in [1.82, 2.24) is 0 Å². The van der Waals surface area contributed by atoms with E-state index in [0.717, 1.165) is 36.3 Å². The Balaban J connectivity index is 0.00000144. The SMILES string of the molecule is C[N+]1(C)CCN(c2cc(O)cc(O)c2)CC1.[Cl-]. The second-order valence-corrected chi connectivity index (χ2v) is 5.08. The zero-order valence-corrected chi connectivity index (χ0v) is 11.0. The fraction of sp³-hybridized carbons (Fsp3) is 0.500. The monoisotopic (exact) mass is 258 g/mol. The molecule has 1 aromatic carbocycles. The number of aromatic hydroxyl groups is 2. The molecule has 2 rings (SSSR count). The lowest BCUT2D eigenvalue weighted by molar-refractivity contribution is -0.890. The molecule has 0 amide bonds. The highest BCUT2D eigenvalue weighted by Crippen LogP contribution is 2.27. The first-order valence-corrected chi connectivity index (χ1v) is 5.56. The lowest BCUT2D eigenvalue weighted by atomic mass is 10.2. The van der Waals surface area contributed by atoms with Crippen molar-refractivity contribution < 1.29 is 27.1 Å². The van der Waals surface area contributed by atoms with Gasteiger partial charge in [0, 0.05) is 23.9 Å². The van der Waals surface area contributed by atoms with Crippen LogP contribution in [0.1, 0.15) is 0 Å². The molecule has 4 nitrogen and oxygen atoms in total. The number of benzene rings is 1. The summed E-state index contributed by atoms with van der Waals surface area (Å²) < 4.78 is 1.03. The first kappa shape index (κ1) is 13.9. The van der Waals surface area contributed by atoms with Crippen molar-refractivity contribution in [2.75, 3.05) is 45.2 Å². The smallest absolute Gasteiger partial charge is 0.121 e. The van der Waals surface area contributed by atoms with E-state index in [0.29, 0.717) is 0 Å². The molecule has 0 unspecified atom stereocenters. The number of rotatable bonds is 1. The highest BCUT2D eigenvalue weighted by atomic mass is 35.5. The quantitative estimate of drug-likeness (QED) is 0.573. The van der Waals surface area contributed by atoms with Crippen molar-refractivity contribution in [3.8, 4) is 11.5 Å². The second kappa shape index (κ2) is 5.02. The van der Waals surface area contributed by atoms with Crippen LogP contribution in [0.25, 0.3) is 0 Å². The summed E-state index contributed by atoms with van der Waals surface area (Å²) in [4.78, 5) is 2.20. The molecule has 2 N–H and O–H groups in total. The Morgan fingerprint density at radius 2 is 1.47 bits per heavy atom.